The zero-order valence-electron chi connectivity index (χ0n) is 15.2. The molecule has 1 heterocycles. The highest BCUT2D eigenvalue weighted by Crippen LogP contribution is 2.32. The third-order valence-corrected chi connectivity index (χ3v) is 4.83. The monoisotopic (exact) mass is 353 g/mol. The number of aliphatic hydroxyl groups is 1. The Kier molecular flexibility index (Phi) is 4.59. The number of aromatic carboxylic acids is 1. The first-order valence-electron chi connectivity index (χ1n) is 8.59. The molecule has 5 nitrogen and oxygen atoms in total. The lowest BCUT2D eigenvalue weighted by Gasteiger charge is -2.28. The maximum atomic E-state index is 12.6. The van der Waals surface area contributed by atoms with Crippen LogP contribution in [0.4, 0.5) is 0 Å². The number of carbonyl (C=O) groups excluding carboxylic acids is 1. The minimum atomic E-state index is -0.958. The van der Waals surface area contributed by atoms with Crippen LogP contribution in [-0.4, -0.2) is 40.1 Å². The van der Waals surface area contributed by atoms with Crippen LogP contribution in [0.25, 0.3) is 11.1 Å². The van der Waals surface area contributed by atoms with E-state index in [1.54, 1.807) is 23.1 Å². The third kappa shape index (κ3) is 3.35. The average molecular weight is 353 g/mol. The van der Waals surface area contributed by atoms with E-state index in [4.69, 9.17) is 0 Å². The average Bonchev–Trinajstić information content (AvgIpc) is 2.89. The van der Waals surface area contributed by atoms with Crippen LogP contribution in [0.5, 0.6) is 0 Å². The van der Waals surface area contributed by atoms with Gasteiger partial charge in [-0.15, -0.1) is 0 Å². The first-order valence-corrected chi connectivity index (χ1v) is 8.59. The van der Waals surface area contributed by atoms with Gasteiger partial charge in [-0.25, -0.2) is 4.79 Å². The van der Waals surface area contributed by atoms with Crippen LogP contribution in [0.2, 0.25) is 0 Å². The van der Waals surface area contributed by atoms with Gasteiger partial charge in [-0.2, -0.15) is 0 Å². The Morgan fingerprint density at radius 3 is 2.54 bits per heavy atom. The molecule has 26 heavy (non-hydrogen) atoms. The SMILES string of the molecule is Cc1ccc(C(=O)O)cc1-c1ccc2c(c1)CN(CC(C)(C)CO)C2=O. The molecule has 0 atom stereocenters. The highest BCUT2D eigenvalue weighted by molar-refractivity contribution is 5.99. The van der Waals surface area contributed by atoms with E-state index in [0.717, 1.165) is 22.3 Å². The fourth-order valence-corrected chi connectivity index (χ4v) is 3.31. The first-order chi connectivity index (χ1) is 12.2. The Morgan fingerprint density at radius 1 is 1.15 bits per heavy atom. The lowest BCUT2D eigenvalue weighted by Crippen LogP contribution is -2.36. The van der Waals surface area contributed by atoms with Crippen molar-refractivity contribution < 1.29 is 19.8 Å². The molecule has 0 aliphatic carbocycles. The molecule has 1 aliphatic heterocycles. The van der Waals surface area contributed by atoms with E-state index < -0.39 is 5.97 Å². The van der Waals surface area contributed by atoms with Crippen molar-refractivity contribution in [2.45, 2.75) is 27.3 Å². The predicted octanol–water partition coefficient (Wildman–Crippen LogP) is 3.33. The molecule has 0 spiro atoms. The molecule has 1 amide bonds. The number of amides is 1. The van der Waals surface area contributed by atoms with Crippen LogP contribution in [0.1, 0.15) is 45.7 Å². The summed E-state index contributed by atoms with van der Waals surface area (Å²) in [5.41, 5.74) is 4.24. The second kappa shape index (κ2) is 6.57. The van der Waals surface area contributed by atoms with Gasteiger partial charge in [0.2, 0.25) is 0 Å². The van der Waals surface area contributed by atoms with E-state index in [2.05, 4.69) is 0 Å². The molecule has 3 rings (SSSR count). The third-order valence-electron chi connectivity index (χ3n) is 4.83. The smallest absolute Gasteiger partial charge is 0.335 e. The molecule has 1 aliphatic rings. The summed E-state index contributed by atoms with van der Waals surface area (Å²) in [4.78, 5) is 25.6. The van der Waals surface area contributed by atoms with Gasteiger partial charge in [-0.05, 0) is 53.4 Å². The van der Waals surface area contributed by atoms with Crippen LogP contribution >= 0.6 is 0 Å². The van der Waals surface area contributed by atoms with Crippen molar-refractivity contribution >= 4 is 11.9 Å². The van der Waals surface area contributed by atoms with E-state index in [1.807, 2.05) is 39.0 Å². The van der Waals surface area contributed by atoms with Gasteiger partial charge in [-0.1, -0.05) is 26.0 Å². The maximum absolute atomic E-state index is 12.6. The number of carboxylic acids is 1. The molecule has 0 fully saturated rings. The van der Waals surface area contributed by atoms with E-state index in [9.17, 15) is 19.8 Å². The molecular weight excluding hydrogens is 330 g/mol. The van der Waals surface area contributed by atoms with Crippen molar-refractivity contribution in [1.82, 2.24) is 4.90 Å². The predicted molar refractivity (Wildman–Crippen MR) is 99.2 cm³/mol. The number of aliphatic hydroxyl groups excluding tert-OH is 1. The number of rotatable bonds is 5. The van der Waals surface area contributed by atoms with Gasteiger partial charge in [-0.3, -0.25) is 4.79 Å². The Hall–Kier alpha value is -2.66. The molecule has 2 aromatic carbocycles. The van der Waals surface area contributed by atoms with Gasteiger partial charge < -0.3 is 15.1 Å². The number of fused-ring (bicyclic) bond motifs is 1. The number of hydrogen-bond acceptors (Lipinski definition) is 3. The Balaban J connectivity index is 1.94. The van der Waals surface area contributed by atoms with Crippen molar-refractivity contribution in [3.05, 3.63) is 58.7 Å². The first kappa shape index (κ1) is 18.1. The van der Waals surface area contributed by atoms with Gasteiger partial charge in [0.05, 0.1) is 5.56 Å². The van der Waals surface area contributed by atoms with Crippen LogP contribution < -0.4 is 0 Å². The van der Waals surface area contributed by atoms with Crippen LogP contribution in [0, 0.1) is 12.3 Å². The second-order valence-corrected chi connectivity index (χ2v) is 7.69. The van der Waals surface area contributed by atoms with Crippen molar-refractivity contribution in [2.24, 2.45) is 5.41 Å². The van der Waals surface area contributed by atoms with Crippen molar-refractivity contribution in [2.75, 3.05) is 13.2 Å². The highest BCUT2D eigenvalue weighted by atomic mass is 16.4. The van der Waals surface area contributed by atoms with E-state index in [1.165, 1.54) is 0 Å². The quantitative estimate of drug-likeness (QED) is 0.864. The number of nitrogens with zero attached hydrogens (tertiary/aromatic N) is 1. The fourth-order valence-electron chi connectivity index (χ4n) is 3.31. The van der Waals surface area contributed by atoms with Gasteiger partial charge in [0.1, 0.15) is 0 Å². The van der Waals surface area contributed by atoms with E-state index in [-0.39, 0.29) is 23.5 Å². The molecule has 5 heteroatoms. The number of carbonyl (C=O) groups is 2. The summed E-state index contributed by atoms with van der Waals surface area (Å²) < 4.78 is 0. The summed E-state index contributed by atoms with van der Waals surface area (Å²) in [6.45, 7) is 6.79. The molecule has 0 saturated heterocycles. The molecule has 0 bridgehead atoms. The molecular formula is C21H23NO4. The summed E-state index contributed by atoms with van der Waals surface area (Å²) in [6, 6.07) is 10.7. The van der Waals surface area contributed by atoms with Gasteiger partial charge in [0.15, 0.2) is 0 Å². The van der Waals surface area contributed by atoms with Gasteiger partial charge in [0.25, 0.3) is 5.91 Å². The standard InChI is InChI=1S/C21H23NO4/c1-13-4-5-15(20(25)26)9-18(13)14-6-7-17-16(8-14)10-22(19(17)24)11-21(2,3)12-23/h4-9,23H,10-12H2,1-3H3,(H,25,26). The minimum Gasteiger partial charge on any atom is -0.478 e. The maximum Gasteiger partial charge on any atom is 0.335 e. The molecule has 136 valence electrons. The van der Waals surface area contributed by atoms with Crippen molar-refractivity contribution in [3.63, 3.8) is 0 Å². The van der Waals surface area contributed by atoms with Crippen LogP contribution in [0.3, 0.4) is 0 Å². The molecule has 0 radical (unpaired) electrons. The molecule has 2 aromatic rings. The number of benzene rings is 2. The summed E-state index contributed by atoms with van der Waals surface area (Å²) in [5, 5.41) is 18.7. The Bertz CT molecular complexity index is 886. The van der Waals surface area contributed by atoms with Crippen molar-refractivity contribution in [3.8, 4) is 11.1 Å². The highest BCUT2D eigenvalue weighted by Gasteiger charge is 2.31. The Labute approximate surface area is 152 Å². The van der Waals surface area contributed by atoms with E-state index in [0.29, 0.717) is 18.7 Å². The Morgan fingerprint density at radius 2 is 1.88 bits per heavy atom. The van der Waals surface area contributed by atoms with Crippen LogP contribution in [-0.2, 0) is 6.54 Å². The molecule has 0 saturated carbocycles. The summed E-state index contributed by atoms with van der Waals surface area (Å²) in [7, 11) is 0. The van der Waals surface area contributed by atoms with Crippen molar-refractivity contribution in [1.29, 1.82) is 0 Å². The topological polar surface area (TPSA) is 77.8 Å². The number of hydrogen-bond donors (Lipinski definition) is 2. The minimum absolute atomic E-state index is 0.0134. The molecule has 0 unspecified atom stereocenters. The van der Waals surface area contributed by atoms with Gasteiger partial charge >= 0.3 is 5.97 Å². The lowest BCUT2D eigenvalue weighted by atomic mass is 9.94. The zero-order valence-corrected chi connectivity index (χ0v) is 15.2. The number of aryl methyl sites for hydroxylation is 1. The normalized spacial score (nSPS) is 13.8. The number of carboxylic acid groups (broad SMARTS) is 1. The largest absolute Gasteiger partial charge is 0.478 e. The second-order valence-electron chi connectivity index (χ2n) is 7.69. The molecule has 2 N–H and O–H groups in total. The van der Waals surface area contributed by atoms with Gasteiger partial charge in [0, 0.05) is 30.7 Å². The summed E-state index contributed by atoms with van der Waals surface area (Å²) in [5.74, 6) is -0.982. The summed E-state index contributed by atoms with van der Waals surface area (Å²) in [6.07, 6.45) is 0. The van der Waals surface area contributed by atoms with E-state index >= 15 is 0 Å². The zero-order chi connectivity index (χ0) is 19.1. The fraction of sp³-hybridized carbons (Fsp3) is 0.333. The molecule has 0 aromatic heterocycles. The summed E-state index contributed by atoms with van der Waals surface area (Å²) >= 11 is 0. The van der Waals surface area contributed by atoms with Crippen LogP contribution in [0.15, 0.2) is 36.4 Å². The lowest BCUT2D eigenvalue weighted by molar-refractivity contribution is 0.0624.